The Labute approximate surface area is 105 Å². The smallest absolute Gasteiger partial charge is 0.0300 e. The molecule has 0 aliphatic heterocycles. The van der Waals surface area contributed by atoms with E-state index < -0.39 is 0 Å². The Bertz CT molecular complexity index is 287. The average molecular weight is 235 g/mol. The third-order valence-electron chi connectivity index (χ3n) is 3.15. The number of nitrogens with one attached hydrogen (secondary N) is 1. The van der Waals surface area contributed by atoms with Crippen molar-refractivity contribution in [2.24, 2.45) is 5.92 Å². The molecule has 0 aromatic carbocycles. The Kier molecular flexibility index (Phi) is 6.82. The third kappa shape index (κ3) is 5.80. The first-order valence-corrected chi connectivity index (χ1v) is 6.48. The molecule has 0 saturated heterocycles. The van der Waals surface area contributed by atoms with Gasteiger partial charge in [-0.1, -0.05) is 19.4 Å². The first-order chi connectivity index (χ1) is 8.26. The predicted octanol–water partition coefficient (Wildman–Crippen LogP) is 1.80. The zero-order chi connectivity index (χ0) is 12.5. The van der Waals surface area contributed by atoms with Crippen molar-refractivity contribution in [2.75, 3.05) is 33.7 Å². The van der Waals surface area contributed by atoms with Gasteiger partial charge in [-0.3, -0.25) is 4.98 Å². The first-order valence-electron chi connectivity index (χ1n) is 6.48. The molecule has 1 unspecified atom stereocenters. The summed E-state index contributed by atoms with van der Waals surface area (Å²) in [4.78, 5) is 6.56. The molecule has 3 nitrogen and oxygen atoms in total. The summed E-state index contributed by atoms with van der Waals surface area (Å²) < 4.78 is 0. The highest BCUT2D eigenvalue weighted by Crippen LogP contribution is 2.04. The Hall–Kier alpha value is -0.930. The molecule has 17 heavy (non-hydrogen) atoms. The molecule has 1 N–H and O–H groups in total. The summed E-state index contributed by atoms with van der Waals surface area (Å²) in [7, 11) is 4.23. The Morgan fingerprint density at radius 2 is 2.29 bits per heavy atom. The van der Waals surface area contributed by atoms with Gasteiger partial charge in [-0.25, -0.2) is 0 Å². The van der Waals surface area contributed by atoms with Crippen molar-refractivity contribution in [3.05, 3.63) is 30.1 Å². The highest BCUT2D eigenvalue weighted by atomic mass is 15.1. The van der Waals surface area contributed by atoms with E-state index in [4.69, 9.17) is 0 Å². The van der Waals surface area contributed by atoms with Gasteiger partial charge >= 0.3 is 0 Å². The van der Waals surface area contributed by atoms with Gasteiger partial charge in [0.25, 0.3) is 0 Å². The van der Waals surface area contributed by atoms with Gasteiger partial charge in [-0.05, 0) is 44.6 Å². The lowest BCUT2D eigenvalue weighted by Gasteiger charge is -2.22. The van der Waals surface area contributed by atoms with E-state index in [2.05, 4.69) is 35.2 Å². The number of aromatic nitrogens is 1. The van der Waals surface area contributed by atoms with E-state index in [0.29, 0.717) is 0 Å². The summed E-state index contributed by atoms with van der Waals surface area (Å²) in [5.41, 5.74) is 1.32. The predicted molar refractivity (Wildman–Crippen MR) is 73.1 cm³/mol. The lowest BCUT2D eigenvalue weighted by molar-refractivity contribution is 0.271. The molecular formula is C14H25N3. The molecule has 1 aromatic heterocycles. The fourth-order valence-electron chi connectivity index (χ4n) is 2.02. The van der Waals surface area contributed by atoms with Crippen molar-refractivity contribution in [1.82, 2.24) is 15.2 Å². The van der Waals surface area contributed by atoms with Gasteiger partial charge in [0.15, 0.2) is 0 Å². The van der Waals surface area contributed by atoms with E-state index in [0.717, 1.165) is 32.0 Å². The Morgan fingerprint density at radius 3 is 2.88 bits per heavy atom. The standard InChI is InChI=1S/C14H25N3/c1-4-13(10-15-2)12-17(3)9-7-14-6-5-8-16-11-14/h5-6,8,11,13,15H,4,7,9-10,12H2,1-3H3. The number of hydrogen-bond acceptors (Lipinski definition) is 3. The van der Waals surface area contributed by atoms with Gasteiger partial charge in [0.1, 0.15) is 0 Å². The minimum absolute atomic E-state index is 0.749. The van der Waals surface area contributed by atoms with Gasteiger partial charge in [-0.2, -0.15) is 0 Å². The highest BCUT2D eigenvalue weighted by Gasteiger charge is 2.08. The third-order valence-corrected chi connectivity index (χ3v) is 3.15. The molecule has 0 amide bonds. The molecule has 1 aromatic rings. The largest absolute Gasteiger partial charge is 0.319 e. The van der Waals surface area contributed by atoms with Crippen LogP contribution in [0.4, 0.5) is 0 Å². The lowest BCUT2D eigenvalue weighted by atomic mass is 10.1. The van der Waals surface area contributed by atoms with E-state index >= 15 is 0 Å². The van der Waals surface area contributed by atoms with Crippen LogP contribution in [0.1, 0.15) is 18.9 Å². The van der Waals surface area contributed by atoms with Crippen LogP contribution >= 0.6 is 0 Å². The monoisotopic (exact) mass is 235 g/mol. The maximum Gasteiger partial charge on any atom is 0.0300 e. The van der Waals surface area contributed by atoms with Crippen molar-refractivity contribution in [3.63, 3.8) is 0 Å². The molecule has 1 atom stereocenters. The number of rotatable bonds is 8. The number of likely N-dealkylation sites (N-methyl/N-ethyl adjacent to an activating group) is 1. The van der Waals surface area contributed by atoms with Crippen LogP contribution in [0.25, 0.3) is 0 Å². The van der Waals surface area contributed by atoms with Crippen molar-refractivity contribution in [3.8, 4) is 0 Å². The van der Waals surface area contributed by atoms with Crippen LogP contribution in [-0.2, 0) is 6.42 Å². The van der Waals surface area contributed by atoms with Crippen LogP contribution in [0.5, 0.6) is 0 Å². The highest BCUT2D eigenvalue weighted by molar-refractivity contribution is 5.08. The quantitative estimate of drug-likeness (QED) is 0.745. The van der Waals surface area contributed by atoms with Crippen LogP contribution in [0.3, 0.4) is 0 Å². The van der Waals surface area contributed by atoms with Crippen LogP contribution in [0.2, 0.25) is 0 Å². The van der Waals surface area contributed by atoms with Gasteiger partial charge in [0.2, 0.25) is 0 Å². The fourth-order valence-corrected chi connectivity index (χ4v) is 2.02. The molecule has 0 radical (unpaired) electrons. The lowest BCUT2D eigenvalue weighted by Crippen LogP contribution is -2.32. The zero-order valence-electron chi connectivity index (χ0n) is 11.3. The summed E-state index contributed by atoms with van der Waals surface area (Å²) in [6.45, 7) is 5.63. The molecule has 0 bridgehead atoms. The van der Waals surface area contributed by atoms with E-state index in [-0.39, 0.29) is 0 Å². The van der Waals surface area contributed by atoms with Crippen LogP contribution < -0.4 is 5.32 Å². The summed E-state index contributed by atoms with van der Waals surface area (Å²) in [6.07, 6.45) is 6.10. The maximum atomic E-state index is 4.14. The minimum atomic E-state index is 0.749. The molecule has 0 aliphatic carbocycles. The van der Waals surface area contributed by atoms with Crippen molar-refractivity contribution in [2.45, 2.75) is 19.8 Å². The normalized spacial score (nSPS) is 12.9. The second-order valence-electron chi connectivity index (χ2n) is 4.71. The second kappa shape index (κ2) is 8.20. The fraction of sp³-hybridized carbons (Fsp3) is 0.643. The Balaban J connectivity index is 2.27. The summed E-state index contributed by atoms with van der Waals surface area (Å²) in [5.74, 6) is 0.749. The number of nitrogens with zero attached hydrogens (tertiary/aromatic N) is 2. The SMILES string of the molecule is CCC(CNC)CN(C)CCc1cccnc1. The van der Waals surface area contributed by atoms with E-state index in [1.54, 1.807) is 0 Å². The number of pyridine rings is 1. The van der Waals surface area contributed by atoms with E-state index in [1.807, 2.05) is 25.5 Å². The summed E-state index contributed by atoms with van der Waals surface area (Å²) in [5, 5.41) is 3.26. The molecule has 0 fully saturated rings. The van der Waals surface area contributed by atoms with Crippen LogP contribution in [0.15, 0.2) is 24.5 Å². The topological polar surface area (TPSA) is 28.2 Å². The van der Waals surface area contributed by atoms with E-state index in [1.165, 1.54) is 12.0 Å². The molecule has 0 spiro atoms. The van der Waals surface area contributed by atoms with Gasteiger partial charge in [0.05, 0.1) is 0 Å². The molecule has 96 valence electrons. The molecule has 0 aliphatic rings. The molecule has 0 saturated carbocycles. The zero-order valence-corrected chi connectivity index (χ0v) is 11.3. The van der Waals surface area contributed by atoms with Gasteiger partial charge in [0, 0.05) is 25.5 Å². The maximum absolute atomic E-state index is 4.14. The second-order valence-corrected chi connectivity index (χ2v) is 4.71. The summed E-state index contributed by atoms with van der Waals surface area (Å²) >= 11 is 0. The molecule has 3 heteroatoms. The minimum Gasteiger partial charge on any atom is -0.319 e. The van der Waals surface area contributed by atoms with Gasteiger partial charge < -0.3 is 10.2 Å². The van der Waals surface area contributed by atoms with Crippen molar-refractivity contribution >= 4 is 0 Å². The van der Waals surface area contributed by atoms with E-state index in [9.17, 15) is 0 Å². The van der Waals surface area contributed by atoms with Crippen LogP contribution in [-0.4, -0.2) is 43.6 Å². The first kappa shape index (κ1) is 14.1. The van der Waals surface area contributed by atoms with Crippen LogP contribution in [0, 0.1) is 5.92 Å². The average Bonchev–Trinajstić information content (AvgIpc) is 2.37. The number of hydrogen-bond donors (Lipinski definition) is 1. The Morgan fingerprint density at radius 1 is 1.47 bits per heavy atom. The van der Waals surface area contributed by atoms with Crippen molar-refractivity contribution < 1.29 is 0 Å². The molecular weight excluding hydrogens is 210 g/mol. The molecule has 1 heterocycles. The summed E-state index contributed by atoms with van der Waals surface area (Å²) in [6, 6.07) is 4.15. The van der Waals surface area contributed by atoms with Gasteiger partial charge in [-0.15, -0.1) is 0 Å². The van der Waals surface area contributed by atoms with Crippen molar-refractivity contribution in [1.29, 1.82) is 0 Å². The molecule has 1 rings (SSSR count).